The van der Waals surface area contributed by atoms with Crippen LogP contribution in [0, 0.1) is 5.82 Å². The zero-order valence-corrected chi connectivity index (χ0v) is 18.3. The first kappa shape index (κ1) is 24.4. The van der Waals surface area contributed by atoms with Crippen LogP contribution in [-0.4, -0.2) is 23.6 Å². The van der Waals surface area contributed by atoms with E-state index in [0.717, 1.165) is 0 Å². The SMILES string of the molecule is CCOc1cc2cn(CC(=O)c3ccc(S(F)(F)(F)(F)F)cc3N)c(N)c2c(F)c1OCC. The lowest BCUT2D eigenvalue weighted by atomic mass is 10.1. The molecule has 0 saturated carbocycles. The summed E-state index contributed by atoms with van der Waals surface area (Å²) in [6.45, 7) is 3.19. The Kier molecular flexibility index (Phi) is 5.48. The molecule has 4 N–H and O–H groups in total. The van der Waals surface area contributed by atoms with E-state index in [9.17, 15) is 24.2 Å². The van der Waals surface area contributed by atoms with Crippen molar-refractivity contribution < 1.29 is 38.1 Å². The van der Waals surface area contributed by atoms with Crippen LogP contribution >= 0.6 is 10.2 Å². The van der Waals surface area contributed by atoms with Crippen LogP contribution in [0.5, 0.6) is 11.5 Å². The number of ether oxygens (including phenoxy) is 2. The highest BCUT2D eigenvalue weighted by Crippen LogP contribution is 3.02. The maximum Gasteiger partial charge on any atom is 0.310 e. The highest BCUT2D eigenvalue weighted by molar-refractivity contribution is 8.45. The molecular formula is C20H21F6N3O3S. The summed E-state index contributed by atoms with van der Waals surface area (Å²) in [5, 5.41) is 0.243. The third kappa shape index (κ3) is 4.77. The number of aromatic nitrogens is 1. The van der Waals surface area contributed by atoms with Gasteiger partial charge in [-0.05, 0) is 38.1 Å². The van der Waals surface area contributed by atoms with Crippen molar-refractivity contribution in [3.63, 3.8) is 0 Å². The van der Waals surface area contributed by atoms with E-state index >= 15 is 4.39 Å². The molecule has 0 unspecified atom stereocenters. The Bertz CT molecular complexity index is 1260. The summed E-state index contributed by atoms with van der Waals surface area (Å²) >= 11 is 0. The van der Waals surface area contributed by atoms with Gasteiger partial charge in [-0.15, -0.1) is 0 Å². The molecule has 1 aromatic heterocycles. The van der Waals surface area contributed by atoms with E-state index in [0.29, 0.717) is 6.07 Å². The molecule has 0 aliphatic heterocycles. The number of nitrogens with zero attached hydrogens (tertiary/aromatic N) is 1. The van der Waals surface area contributed by atoms with Crippen LogP contribution in [0.15, 0.2) is 35.4 Å². The molecule has 0 saturated heterocycles. The molecule has 0 amide bonds. The second-order valence-corrected chi connectivity index (χ2v) is 9.54. The fourth-order valence-corrected chi connectivity index (χ4v) is 3.99. The van der Waals surface area contributed by atoms with Gasteiger partial charge in [0, 0.05) is 22.8 Å². The Hall–Kier alpha value is -3.22. The zero-order chi connectivity index (χ0) is 24.8. The fraction of sp³-hybridized carbons (Fsp3) is 0.250. The van der Waals surface area contributed by atoms with Crippen molar-refractivity contribution in [2.75, 3.05) is 24.7 Å². The van der Waals surface area contributed by atoms with E-state index < -0.39 is 44.5 Å². The minimum Gasteiger partial charge on any atom is -0.490 e. The summed E-state index contributed by atoms with van der Waals surface area (Å²) in [6, 6.07) is 2.17. The Morgan fingerprint density at radius 3 is 2.21 bits per heavy atom. The summed E-state index contributed by atoms with van der Waals surface area (Å²) in [6.07, 6.45) is 1.35. The third-order valence-corrected chi connectivity index (χ3v) is 5.89. The van der Waals surface area contributed by atoms with Gasteiger partial charge in [-0.3, -0.25) is 4.79 Å². The Morgan fingerprint density at radius 1 is 1.03 bits per heavy atom. The summed E-state index contributed by atoms with van der Waals surface area (Å²) < 4.78 is 91.8. The van der Waals surface area contributed by atoms with Crippen LogP contribution in [0.2, 0.25) is 0 Å². The summed E-state index contributed by atoms with van der Waals surface area (Å²) in [5.74, 6) is -1.80. The molecule has 0 radical (unpaired) electrons. The Balaban J connectivity index is 2.01. The largest absolute Gasteiger partial charge is 0.490 e. The highest BCUT2D eigenvalue weighted by Gasteiger charge is 2.65. The Morgan fingerprint density at radius 2 is 1.67 bits per heavy atom. The molecule has 13 heteroatoms. The summed E-state index contributed by atoms with van der Waals surface area (Å²) in [7, 11) is -9.95. The van der Waals surface area contributed by atoms with Crippen LogP contribution in [0.3, 0.4) is 0 Å². The van der Waals surface area contributed by atoms with E-state index in [1.165, 1.54) is 16.8 Å². The lowest BCUT2D eigenvalue weighted by Gasteiger charge is -2.40. The number of halogens is 6. The maximum absolute atomic E-state index is 15.1. The number of carbonyl (C=O) groups excluding carboxylic acids is 1. The summed E-state index contributed by atoms with van der Waals surface area (Å²) in [4.78, 5) is 10.4. The second-order valence-electron chi connectivity index (χ2n) is 7.13. The average molecular weight is 497 g/mol. The molecule has 182 valence electrons. The van der Waals surface area contributed by atoms with Crippen molar-refractivity contribution >= 4 is 38.3 Å². The van der Waals surface area contributed by atoms with Gasteiger partial charge >= 0.3 is 10.2 Å². The number of hydrogen-bond donors (Lipinski definition) is 2. The molecule has 3 aromatic rings. The van der Waals surface area contributed by atoms with Gasteiger partial charge in [0.15, 0.2) is 23.1 Å². The molecule has 33 heavy (non-hydrogen) atoms. The minimum atomic E-state index is -9.95. The number of fused-ring (bicyclic) bond motifs is 1. The molecule has 0 fully saturated rings. The van der Waals surface area contributed by atoms with E-state index in [1.54, 1.807) is 13.8 Å². The number of nitrogens with two attached hydrogens (primary N) is 2. The van der Waals surface area contributed by atoms with Crippen molar-refractivity contribution in [1.82, 2.24) is 4.57 Å². The lowest BCUT2D eigenvalue weighted by Crippen LogP contribution is -2.14. The van der Waals surface area contributed by atoms with Gasteiger partial charge < -0.3 is 25.5 Å². The number of benzene rings is 2. The van der Waals surface area contributed by atoms with Crippen molar-refractivity contribution in [2.24, 2.45) is 0 Å². The minimum absolute atomic E-state index is 0.0205. The monoisotopic (exact) mass is 497 g/mol. The van der Waals surface area contributed by atoms with Crippen LogP contribution in [0.25, 0.3) is 10.8 Å². The first-order valence-corrected chi connectivity index (χ1v) is 11.6. The molecule has 0 aliphatic rings. The molecule has 0 atom stereocenters. The van der Waals surface area contributed by atoms with Crippen molar-refractivity contribution in [2.45, 2.75) is 25.3 Å². The molecule has 0 aliphatic carbocycles. The van der Waals surface area contributed by atoms with Crippen LogP contribution in [0.1, 0.15) is 24.2 Å². The third-order valence-electron chi connectivity index (χ3n) is 4.75. The molecule has 2 aromatic carbocycles. The smallest absolute Gasteiger partial charge is 0.310 e. The van der Waals surface area contributed by atoms with Gasteiger partial charge in [0.2, 0.25) is 0 Å². The highest BCUT2D eigenvalue weighted by atomic mass is 32.5. The first-order chi connectivity index (χ1) is 15.1. The van der Waals surface area contributed by atoms with E-state index in [1.807, 2.05) is 0 Å². The fourth-order valence-electron chi connectivity index (χ4n) is 3.32. The van der Waals surface area contributed by atoms with Gasteiger partial charge in [0.1, 0.15) is 10.7 Å². The van der Waals surface area contributed by atoms with Crippen molar-refractivity contribution in [3.8, 4) is 11.5 Å². The predicted octanol–water partition coefficient (Wildman–Crippen LogP) is 6.28. The number of nitrogen functional groups attached to an aromatic ring is 2. The number of ketones is 1. The number of Topliss-reactive ketones (excluding diaryl/α,β-unsaturated/α-hetero) is 1. The zero-order valence-electron chi connectivity index (χ0n) is 17.5. The van der Waals surface area contributed by atoms with Crippen molar-refractivity contribution in [1.29, 1.82) is 0 Å². The first-order valence-electron chi connectivity index (χ1n) is 9.60. The van der Waals surface area contributed by atoms with E-state index in [2.05, 4.69) is 0 Å². The quantitative estimate of drug-likeness (QED) is 0.217. The predicted molar refractivity (Wildman–Crippen MR) is 115 cm³/mol. The molecule has 0 spiro atoms. The van der Waals surface area contributed by atoms with Crippen LogP contribution in [0.4, 0.5) is 35.3 Å². The Labute approximate surface area is 184 Å². The number of carbonyl (C=O) groups is 1. The standard InChI is InChI=1S/C20H21F6N3O3S/c1-3-31-16-7-11-9-29(20(28)17(11)18(21)19(16)32-4-2)10-15(30)13-6-5-12(8-14(13)27)33(22,23,24,25)26/h5-9H,3-4,10,27-28H2,1-2H3. The van der Waals surface area contributed by atoms with Crippen molar-refractivity contribution in [3.05, 3.63) is 41.8 Å². The van der Waals surface area contributed by atoms with Gasteiger partial charge in [0.25, 0.3) is 0 Å². The maximum atomic E-state index is 15.1. The number of rotatable bonds is 8. The lowest BCUT2D eigenvalue weighted by molar-refractivity contribution is 0.0973. The average Bonchev–Trinajstić information content (AvgIpc) is 2.98. The van der Waals surface area contributed by atoms with Gasteiger partial charge in [-0.25, -0.2) is 4.39 Å². The second kappa shape index (κ2) is 7.40. The summed E-state index contributed by atoms with van der Waals surface area (Å²) in [5.41, 5.74) is 10.3. The normalized spacial score (nSPS) is 14.1. The van der Waals surface area contributed by atoms with Crippen LogP contribution in [-0.2, 0) is 6.54 Å². The van der Waals surface area contributed by atoms with Gasteiger partial charge in [-0.1, -0.05) is 19.4 Å². The topological polar surface area (TPSA) is 92.5 Å². The van der Waals surface area contributed by atoms with E-state index in [4.69, 9.17) is 20.9 Å². The molecule has 6 nitrogen and oxygen atoms in total. The van der Waals surface area contributed by atoms with Gasteiger partial charge in [-0.2, -0.15) is 0 Å². The van der Waals surface area contributed by atoms with Gasteiger partial charge in [0.05, 0.1) is 25.1 Å². The molecule has 3 rings (SSSR count). The molecular weight excluding hydrogens is 476 g/mol. The number of hydrogen-bond acceptors (Lipinski definition) is 5. The van der Waals surface area contributed by atoms with E-state index in [-0.39, 0.29) is 53.4 Å². The number of anilines is 2. The molecule has 0 bridgehead atoms. The van der Waals surface area contributed by atoms with Crippen LogP contribution < -0.4 is 20.9 Å². The molecule has 1 heterocycles.